The van der Waals surface area contributed by atoms with Gasteiger partial charge in [0.2, 0.25) is 0 Å². The average molecular weight is 409 g/mol. The Kier molecular flexibility index (Phi) is 5.83. The number of nitrogens with zero attached hydrogens (tertiary/aromatic N) is 3. The summed E-state index contributed by atoms with van der Waals surface area (Å²) in [7, 11) is 1.95. The van der Waals surface area contributed by atoms with Crippen molar-refractivity contribution in [2.75, 3.05) is 25.0 Å². The molecule has 0 saturated carbocycles. The molecule has 1 fully saturated rings. The molecule has 1 aliphatic rings. The van der Waals surface area contributed by atoms with Crippen molar-refractivity contribution >= 4 is 38.7 Å². The number of hydrogen-bond donors (Lipinski definition) is 1. The molecule has 0 spiro atoms. The number of carbonyl (C=O) groups is 1. The van der Waals surface area contributed by atoms with Crippen molar-refractivity contribution in [2.45, 2.75) is 38.6 Å². The molecule has 1 aromatic carbocycles. The fourth-order valence-corrected chi connectivity index (χ4v) is 3.48. The van der Waals surface area contributed by atoms with Crippen LogP contribution in [0, 0.1) is 0 Å². The second-order valence-corrected chi connectivity index (χ2v) is 7.42. The van der Waals surface area contributed by atoms with E-state index in [4.69, 9.17) is 4.74 Å². The second kappa shape index (κ2) is 8.08. The number of halogens is 1. The van der Waals surface area contributed by atoms with Crippen molar-refractivity contribution in [3.63, 3.8) is 0 Å². The highest BCUT2D eigenvalue weighted by molar-refractivity contribution is 9.10. The number of piperidine rings is 1. The van der Waals surface area contributed by atoms with Crippen molar-refractivity contribution in [1.29, 1.82) is 0 Å². The molecule has 6 nitrogen and oxygen atoms in total. The monoisotopic (exact) mass is 408 g/mol. The number of amides is 1. The van der Waals surface area contributed by atoms with E-state index in [9.17, 15) is 4.79 Å². The number of rotatable bonds is 5. The number of nitrogens with one attached hydrogen (secondary N) is 1. The Morgan fingerprint density at radius 1 is 1.40 bits per heavy atom. The van der Waals surface area contributed by atoms with Crippen molar-refractivity contribution in [2.24, 2.45) is 7.05 Å². The third-order valence-corrected chi connectivity index (χ3v) is 5.12. The van der Waals surface area contributed by atoms with E-state index in [2.05, 4.69) is 45.4 Å². The van der Waals surface area contributed by atoms with Crippen LogP contribution in [0.5, 0.6) is 0 Å². The predicted molar refractivity (Wildman–Crippen MR) is 103 cm³/mol. The summed E-state index contributed by atoms with van der Waals surface area (Å²) in [6.45, 7) is 4.05. The van der Waals surface area contributed by atoms with Crippen LogP contribution in [0.25, 0.3) is 10.9 Å². The molecule has 25 heavy (non-hydrogen) atoms. The summed E-state index contributed by atoms with van der Waals surface area (Å²) in [6, 6.07) is 6.50. The lowest BCUT2D eigenvalue weighted by molar-refractivity contribution is 0.0927. The number of aromatic nitrogens is 2. The Bertz CT molecular complexity index is 738. The fourth-order valence-electron chi connectivity index (χ4n) is 3.13. The van der Waals surface area contributed by atoms with Gasteiger partial charge in [-0.25, -0.2) is 4.79 Å². The SMILES string of the molecule is CCCCOC(=O)N1CCC(Nc2nn(C)c3cc(Br)ccc23)CC1. The number of hydrogen-bond acceptors (Lipinski definition) is 4. The molecule has 1 saturated heterocycles. The lowest BCUT2D eigenvalue weighted by Gasteiger charge is -2.31. The van der Waals surface area contributed by atoms with Gasteiger partial charge < -0.3 is 15.0 Å². The van der Waals surface area contributed by atoms with E-state index >= 15 is 0 Å². The molecule has 1 aliphatic heterocycles. The first-order valence-corrected chi connectivity index (χ1v) is 9.68. The summed E-state index contributed by atoms with van der Waals surface area (Å²) in [5.74, 6) is 0.911. The number of carbonyl (C=O) groups excluding carboxylic acids is 1. The zero-order valence-corrected chi connectivity index (χ0v) is 16.4. The largest absolute Gasteiger partial charge is 0.449 e. The molecular formula is C18H25BrN4O2. The van der Waals surface area contributed by atoms with Crippen LogP contribution >= 0.6 is 15.9 Å². The Labute approximate surface area is 156 Å². The van der Waals surface area contributed by atoms with Crippen LogP contribution in [0.4, 0.5) is 10.6 Å². The summed E-state index contributed by atoms with van der Waals surface area (Å²) in [5, 5.41) is 9.28. The highest BCUT2D eigenvalue weighted by Crippen LogP contribution is 2.27. The van der Waals surface area contributed by atoms with Crippen LogP contribution in [0.3, 0.4) is 0 Å². The zero-order valence-electron chi connectivity index (χ0n) is 14.8. The maximum atomic E-state index is 12.0. The Balaban J connectivity index is 1.57. The van der Waals surface area contributed by atoms with E-state index in [0.29, 0.717) is 12.6 Å². The maximum absolute atomic E-state index is 12.0. The van der Waals surface area contributed by atoms with E-state index in [0.717, 1.165) is 60.0 Å². The summed E-state index contributed by atoms with van der Waals surface area (Å²) in [6.07, 6.45) is 3.58. The first-order valence-electron chi connectivity index (χ1n) is 8.89. The average Bonchev–Trinajstić information content (AvgIpc) is 2.91. The molecule has 1 N–H and O–H groups in total. The Morgan fingerprint density at radius 3 is 2.88 bits per heavy atom. The van der Waals surface area contributed by atoms with Crippen LogP contribution in [0.2, 0.25) is 0 Å². The van der Waals surface area contributed by atoms with Gasteiger partial charge >= 0.3 is 6.09 Å². The van der Waals surface area contributed by atoms with Crippen LogP contribution in [0.1, 0.15) is 32.6 Å². The van der Waals surface area contributed by atoms with Gasteiger partial charge in [-0.3, -0.25) is 4.68 Å². The Morgan fingerprint density at radius 2 is 2.16 bits per heavy atom. The highest BCUT2D eigenvalue weighted by atomic mass is 79.9. The van der Waals surface area contributed by atoms with Gasteiger partial charge in [-0.1, -0.05) is 29.3 Å². The zero-order chi connectivity index (χ0) is 17.8. The van der Waals surface area contributed by atoms with Gasteiger partial charge in [-0.15, -0.1) is 0 Å². The number of fused-ring (bicyclic) bond motifs is 1. The first-order chi connectivity index (χ1) is 12.1. The van der Waals surface area contributed by atoms with Crippen LogP contribution < -0.4 is 5.32 Å². The molecule has 0 atom stereocenters. The van der Waals surface area contributed by atoms with Crippen LogP contribution in [0.15, 0.2) is 22.7 Å². The van der Waals surface area contributed by atoms with E-state index in [-0.39, 0.29) is 6.09 Å². The summed E-state index contributed by atoms with van der Waals surface area (Å²) < 4.78 is 8.23. The van der Waals surface area contributed by atoms with Crippen molar-refractivity contribution < 1.29 is 9.53 Å². The second-order valence-electron chi connectivity index (χ2n) is 6.51. The molecule has 0 unspecified atom stereocenters. The normalized spacial score (nSPS) is 15.6. The lowest BCUT2D eigenvalue weighted by Crippen LogP contribution is -2.42. The van der Waals surface area contributed by atoms with Gasteiger partial charge in [0, 0.05) is 36.0 Å². The number of likely N-dealkylation sites (tertiary alicyclic amines) is 1. The van der Waals surface area contributed by atoms with Crippen LogP contribution in [-0.4, -0.2) is 46.5 Å². The quantitative estimate of drug-likeness (QED) is 0.754. The number of unbranched alkanes of at least 4 members (excludes halogenated alkanes) is 1. The van der Waals surface area contributed by atoms with E-state index in [1.807, 2.05) is 22.7 Å². The van der Waals surface area contributed by atoms with Crippen molar-refractivity contribution in [1.82, 2.24) is 14.7 Å². The van der Waals surface area contributed by atoms with Gasteiger partial charge in [0.05, 0.1) is 12.1 Å². The molecule has 0 bridgehead atoms. The Hall–Kier alpha value is -1.76. The molecule has 1 amide bonds. The molecule has 7 heteroatoms. The molecule has 2 heterocycles. The minimum Gasteiger partial charge on any atom is -0.449 e. The van der Waals surface area contributed by atoms with Gasteiger partial charge in [-0.05, 0) is 37.5 Å². The highest BCUT2D eigenvalue weighted by Gasteiger charge is 2.24. The van der Waals surface area contributed by atoms with E-state index in [1.54, 1.807) is 0 Å². The molecule has 0 radical (unpaired) electrons. The molecule has 136 valence electrons. The number of ether oxygens (including phenoxy) is 1. The molecular weight excluding hydrogens is 384 g/mol. The van der Waals surface area contributed by atoms with Gasteiger partial charge in [0.15, 0.2) is 5.82 Å². The standard InChI is InChI=1S/C18H25BrN4O2/c1-3-4-11-25-18(24)23-9-7-14(8-10-23)20-17-15-6-5-13(19)12-16(15)22(2)21-17/h5-6,12,14H,3-4,7-11H2,1-2H3,(H,20,21). The third-order valence-electron chi connectivity index (χ3n) is 4.63. The van der Waals surface area contributed by atoms with Gasteiger partial charge in [-0.2, -0.15) is 5.10 Å². The molecule has 2 aromatic rings. The van der Waals surface area contributed by atoms with Crippen LogP contribution in [-0.2, 0) is 11.8 Å². The smallest absolute Gasteiger partial charge is 0.409 e. The summed E-state index contributed by atoms with van der Waals surface area (Å²) in [4.78, 5) is 13.8. The minimum atomic E-state index is -0.181. The molecule has 1 aromatic heterocycles. The molecule has 3 rings (SSSR count). The van der Waals surface area contributed by atoms with E-state index < -0.39 is 0 Å². The fraction of sp³-hybridized carbons (Fsp3) is 0.556. The summed E-state index contributed by atoms with van der Waals surface area (Å²) >= 11 is 3.51. The first kappa shape index (κ1) is 18.0. The van der Waals surface area contributed by atoms with E-state index in [1.165, 1.54) is 0 Å². The summed E-state index contributed by atoms with van der Waals surface area (Å²) in [5.41, 5.74) is 1.09. The molecule has 0 aliphatic carbocycles. The minimum absolute atomic E-state index is 0.181. The number of anilines is 1. The predicted octanol–water partition coefficient (Wildman–Crippen LogP) is 4.15. The third kappa shape index (κ3) is 4.26. The maximum Gasteiger partial charge on any atom is 0.409 e. The van der Waals surface area contributed by atoms with Gasteiger partial charge in [0.1, 0.15) is 0 Å². The number of aryl methyl sites for hydroxylation is 1. The lowest BCUT2D eigenvalue weighted by atomic mass is 10.1. The number of benzene rings is 1. The van der Waals surface area contributed by atoms with Crippen molar-refractivity contribution in [3.05, 3.63) is 22.7 Å². The van der Waals surface area contributed by atoms with Gasteiger partial charge in [0.25, 0.3) is 0 Å². The topological polar surface area (TPSA) is 59.4 Å². The van der Waals surface area contributed by atoms with Crippen molar-refractivity contribution in [3.8, 4) is 0 Å².